The number of nitrogens with zero attached hydrogens (tertiary/aromatic N) is 1. The number of sulfonamides is 1. The van der Waals surface area contributed by atoms with Crippen molar-refractivity contribution in [3.05, 3.63) is 59.7 Å². The Morgan fingerprint density at radius 3 is 2.39 bits per heavy atom. The van der Waals surface area contributed by atoms with Gasteiger partial charge in [0.15, 0.2) is 0 Å². The molecular weight excluding hydrogens is 418 g/mol. The number of carbonyl (C=O) groups excluding carboxylic acids is 1. The fourth-order valence-electron chi connectivity index (χ4n) is 4.12. The predicted octanol–water partition coefficient (Wildman–Crippen LogP) is 1.89. The minimum atomic E-state index is -3.40. The molecule has 1 saturated carbocycles. The Morgan fingerprint density at radius 2 is 1.81 bits per heavy atom. The SMILES string of the molecule is CS(=O)(=O)N(c1ccccc1)[C@H]1CC[C@@H](NCC(O)c2ccc(O)c(C(N)=O)c2)CC1. The number of hydrogen-bond donors (Lipinski definition) is 4. The Balaban J connectivity index is 1.58. The maximum Gasteiger partial charge on any atom is 0.252 e. The van der Waals surface area contributed by atoms with Gasteiger partial charge in [0, 0.05) is 18.6 Å². The molecule has 0 heterocycles. The fourth-order valence-corrected chi connectivity index (χ4v) is 5.37. The van der Waals surface area contributed by atoms with Crippen LogP contribution in [0.25, 0.3) is 0 Å². The highest BCUT2D eigenvalue weighted by Gasteiger charge is 2.31. The van der Waals surface area contributed by atoms with E-state index in [9.17, 15) is 23.4 Å². The fraction of sp³-hybridized carbons (Fsp3) is 0.409. The summed E-state index contributed by atoms with van der Waals surface area (Å²) in [6.07, 6.45) is 3.34. The first kappa shape index (κ1) is 23.1. The van der Waals surface area contributed by atoms with Crippen LogP contribution in [0.4, 0.5) is 5.69 Å². The normalized spacial score (nSPS) is 20.2. The van der Waals surface area contributed by atoms with Gasteiger partial charge in [0.25, 0.3) is 5.91 Å². The number of primary amides is 1. The molecule has 0 bridgehead atoms. The highest BCUT2D eigenvalue weighted by molar-refractivity contribution is 7.92. The van der Waals surface area contributed by atoms with Gasteiger partial charge in [-0.25, -0.2) is 8.42 Å². The zero-order chi connectivity index (χ0) is 22.6. The molecule has 1 unspecified atom stereocenters. The Kier molecular flexibility index (Phi) is 7.19. The Morgan fingerprint density at radius 1 is 1.16 bits per heavy atom. The van der Waals surface area contributed by atoms with E-state index in [1.165, 1.54) is 22.7 Å². The number of rotatable bonds is 8. The number of para-hydroxylation sites is 1. The summed E-state index contributed by atoms with van der Waals surface area (Å²) >= 11 is 0. The minimum absolute atomic E-state index is 0.0289. The third kappa shape index (κ3) is 5.75. The average molecular weight is 448 g/mol. The van der Waals surface area contributed by atoms with Crippen LogP contribution in [0.5, 0.6) is 5.75 Å². The first-order valence-corrected chi connectivity index (χ1v) is 12.1. The summed E-state index contributed by atoms with van der Waals surface area (Å²) in [5.41, 5.74) is 6.37. The van der Waals surface area contributed by atoms with Crippen molar-refractivity contribution in [2.75, 3.05) is 17.1 Å². The van der Waals surface area contributed by atoms with E-state index in [-0.39, 0.29) is 29.9 Å². The number of hydrogen-bond acceptors (Lipinski definition) is 6. The monoisotopic (exact) mass is 447 g/mol. The van der Waals surface area contributed by atoms with Crippen LogP contribution in [0, 0.1) is 0 Å². The smallest absolute Gasteiger partial charge is 0.252 e. The van der Waals surface area contributed by atoms with E-state index in [4.69, 9.17) is 5.73 Å². The van der Waals surface area contributed by atoms with Crippen molar-refractivity contribution in [1.82, 2.24) is 5.32 Å². The number of carbonyl (C=O) groups is 1. The number of aliphatic hydroxyl groups is 1. The number of benzene rings is 2. The minimum Gasteiger partial charge on any atom is -0.507 e. The lowest BCUT2D eigenvalue weighted by atomic mass is 9.90. The van der Waals surface area contributed by atoms with Crippen LogP contribution in [0.1, 0.15) is 47.7 Å². The van der Waals surface area contributed by atoms with E-state index < -0.39 is 22.0 Å². The zero-order valence-corrected chi connectivity index (χ0v) is 18.3. The summed E-state index contributed by atoms with van der Waals surface area (Å²) in [4.78, 5) is 11.4. The second-order valence-corrected chi connectivity index (χ2v) is 9.82. The Labute approximate surface area is 182 Å². The molecule has 168 valence electrons. The maximum atomic E-state index is 12.4. The van der Waals surface area contributed by atoms with Crippen molar-refractivity contribution in [2.24, 2.45) is 5.73 Å². The van der Waals surface area contributed by atoms with Gasteiger partial charge in [-0.1, -0.05) is 24.3 Å². The molecule has 9 heteroatoms. The Hall–Kier alpha value is -2.62. The van der Waals surface area contributed by atoms with Gasteiger partial charge in [-0.05, 0) is 55.5 Å². The molecule has 3 rings (SSSR count). The average Bonchev–Trinajstić information content (AvgIpc) is 2.73. The molecule has 0 aromatic heterocycles. The molecule has 1 amide bonds. The summed E-state index contributed by atoms with van der Waals surface area (Å²) < 4.78 is 26.3. The molecule has 8 nitrogen and oxygen atoms in total. The Bertz CT molecular complexity index is 1010. The summed E-state index contributed by atoms with van der Waals surface area (Å²) in [6.45, 7) is 0.271. The van der Waals surface area contributed by atoms with Crippen LogP contribution in [0.15, 0.2) is 48.5 Å². The van der Waals surface area contributed by atoms with Gasteiger partial charge < -0.3 is 21.3 Å². The highest BCUT2D eigenvalue weighted by atomic mass is 32.2. The van der Waals surface area contributed by atoms with Crippen LogP contribution in [0.2, 0.25) is 0 Å². The zero-order valence-electron chi connectivity index (χ0n) is 17.4. The van der Waals surface area contributed by atoms with Gasteiger partial charge in [-0.3, -0.25) is 9.10 Å². The summed E-state index contributed by atoms with van der Waals surface area (Å²) in [6, 6.07) is 13.5. The molecule has 1 fully saturated rings. The standard InChI is InChI=1S/C22H29N3O5S/c1-31(29,30)25(17-5-3-2-4-6-17)18-10-8-16(9-11-18)24-14-21(27)15-7-12-20(26)19(13-15)22(23)28/h2-7,12-13,16,18,21,24,26-27H,8-11,14H2,1H3,(H2,23,28)/t16-,18+,21?. The van der Waals surface area contributed by atoms with Gasteiger partial charge in [0.2, 0.25) is 10.0 Å². The van der Waals surface area contributed by atoms with E-state index >= 15 is 0 Å². The van der Waals surface area contributed by atoms with Gasteiger partial charge in [0.1, 0.15) is 5.75 Å². The number of phenols is 1. The van der Waals surface area contributed by atoms with Gasteiger partial charge in [0.05, 0.1) is 23.6 Å². The molecule has 5 N–H and O–H groups in total. The lowest BCUT2D eigenvalue weighted by Gasteiger charge is -2.37. The summed E-state index contributed by atoms with van der Waals surface area (Å²) in [7, 11) is -3.40. The highest BCUT2D eigenvalue weighted by Crippen LogP contribution is 2.30. The maximum absolute atomic E-state index is 12.4. The number of nitrogens with two attached hydrogens (primary N) is 1. The van der Waals surface area contributed by atoms with E-state index in [0.29, 0.717) is 24.1 Å². The molecule has 0 saturated heterocycles. The third-order valence-corrected chi connectivity index (χ3v) is 6.89. The molecule has 0 radical (unpaired) electrons. The number of nitrogens with one attached hydrogen (secondary N) is 1. The molecule has 0 spiro atoms. The van der Waals surface area contributed by atoms with Gasteiger partial charge >= 0.3 is 0 Å². The summed E-state index contributed by atoms with van der Waals surface area (Å²) in [5, 5.41) is 23.5. The van der Waals surface area contributed by atoms with E-state index in [2.05, 4.69) is 5.32 Å². The molecule has 2 aromatic rings. The lowest BCUT2D eigenvalue weighted by Crippen LogP contribution is -2.45. The summed E-state index contributed by atoms with van der Waals surface area (Å²) in [5.74, 6) is -0.977. The molecule has 1 aliphatic carbocycles. The van der Waals surface area contributed by atoms with E-state index in [1.54, 1.807) is 18.2 Å². The van der Waals surface area contributed by atoms with Gasteiger partial charge in [-0.2, -0.15) is 0 Å². The van der Waals surface area contributed by atoms with Crippen LogP contribution < -0.4 is 15.4 Å². The largest absolute Gasteiger partial charge is 0.507 e. The van der Waals surface area contributed by atoms with Crippen molar-refractivity contribution in [3.8, 4) is 5.75 Å². The van der Waals surface area contributed by atoms with E-state index in [1.807, 2.05) is 18.2 Å². The van der Waals surface area contributed by atoms with Crippen molar-refractivity contribution in [1.29, 1.82) is 0 Å². The van der Waals surface area contributed by atoms with Crippen LogP contribution in [-0.2, 0) is 10.0 Å². The molecule has 2 aromatic carbocycles. The number of aromatic hydroxyl groups is 1. The second-order valence-electron chi connectivity index (χ2n) is 7.96. The number of anilines is 1. The van der Waals surface area contributed by atoms with E-state index in [0.717, 1.165) is 12.8 Å². The van der Waals surface area contributed by atoms with Gasteiger partial charge in [-0.15, -0.1) is 0 Å². The van der Waals surface area contributed by atoms with Crippen LogP contribution in [0.3, 0.4) is 0 Å². The molecule has 1 atom stereocenters. The quantitative estimate of drug-likeness (QED) is 0.488. The third-order valence-electron chi connectivity index (χ3n) is 5.67. The van der Waals surface area contributed by atoms with Crippen molar-refractivity contribution < 1.29 is 23.4 Å². The first-order valence-electron chi connectivity index (χ1n) is 10.3. The lowest BCUT2D eigenvalue weighted by molar-refractivity contribution is 0.0997. The van der Waals surface area contributed by atoms with Crippen molar-refractivity contribution >= 4 is 21.6 Å². The number of aliphatic hydroxyl groups excluding tert-OH is 1. The molecular formula is C22H29N3O5S. The van der Waals surface area contributed by atoms with Crippen LogP contribution in [-0.4, -0.2) is 49.4 Å². The number of amides is 1. The molecule has 31 heavy (non-hydrogen) atoms. The van der Waals surface area contributed by atoms with Crippen molar-refractivity contribution in [2.45, 2.75) is 43.9 Å². The van der Waals surface area contributed by atoms with Crippen LogP contribution >= 0.6 is 0 Å². The second kappa shape index (κ2) is 9.67. The first-order chi connectivity index (χ1) is 14.7. The predicted molar refractivity (Wildman–Crippen MR) is 119 cm³/mol. The van der Waals surface area contributed by atoms with Crippen molar-refractivity contribution in [3.63, 3.8) is 0 Å². The molecule has 0 aliphatic heterocycles. The molecule has 1 aliphatic rings. The topological polar surface area (TPSA) is 133 Å².